The summed E-state index contributed by atoms with van der Waals surface area (Å²) in [4.78, 5) is 11.3. The molecule has 104 valence electrons. The lowest BCUT2D eigenvalue weighted by molar-refractivity contribution is -0.194. The van der Waals surface area contributed by atoms with E-state index < -0.39 is 42.4 Å². The van der Waals surface area contributed by atoms with E-state index in [-0.39, 0.29) is 5.56 Å². The Morgan fingerprint density at radius 1 is 1.37 bits per heavy atom. The predicted molar refractivity (Wildman–Crippen MR) is 57.5 cm³/mol. The maximum absolute atomic E-state index is 13.7. The SMILES string of the molecule is O=C1C[C@@H](C(F)(F)F)[C@@](CO)(c2ccccc2F)N1. The largest absolute Gasteiger partial charge is 0.394 e. The second kappa shape index (κ2) is 4.48. The van der Waals surface area contributed by atoms with Gasteiger partial charge in [0.2, 0.25) is 5.91 Å². The van der Waals surface area contributed by atoms with E-state index in [2.05, 4.69) is 5.32 Å². The van der Waals surface area contributed by atoms with E-state index in [1.165, 1.54) is 12.1 Å². The number of aliphatic hydroxyl groups excluding tert-OH is 1. The van der Waals surface area contributed by atoms with Crippen LogP contribution in [-0.4, -0.2) is 23.8 Å². The van der Waals surface area contributed by atoms with Gasteiger partial charge in [-0.2, -0.15) is 13.2 Å². The Morgan fingerprint density at radius 3 is 2.53 bits per heavy atom. The van der Waals surface area contributed by atoms with Gasteiger partial charge in [-0.15, -0.1) is 0 Å². The average Bonchev–Trinajstić information content (AvgIpc) is 2.68. The number of carbonyl (C=O) groups excluding carboxylic acids is 1. The van der Waals surface area contributed by atoms with E-state index in [1.54, 1.807) is 0 Å². The van der Waals surface area contributed by atoms with Gasteiger partial charge in [0.1, 0.15) is 11.4 Å². The normalized spacial score (nSPS) is 27.4. The monoisotopic (exact) mass is 277 g/mol. The summed E-state index contributed by atoms with van der Waals surface area (Å²) in [5.41, 5.74) is -2.51. The number of nitrogens with one attached hydrogen (secondary N) is 1. The predicted octanol–water partition coefficient (Wildman–Crippen LogP) is 1.71. The fourth-order valence-corrected chi connectivity index (χ4v) is 2.45. The van der Waals surface area contributed by atoms with Gasteiger partial charge in [-0.1, -0.05) is 18.2 Å². The smallest absolute Gasteiger partial charge is 0.394 e. The van der Waals surface area contributed by atoms with Crippen LogP contribution in [0.5, 0.6) is 0 Å². The molecule has 0 aliphatic carbocycles. The van der Waals surface area contributed by atoms with Crippen LogP contribution in [0.15, 0.2) is 24.3 Å². The Kier molecular flexibility index (Phi) is 3.25. The number of hydrogen-bond acceptors (Lipinski definition) is 2. The van der Waals surface area contributed by atoms with Crippen LogP contribution in [0.3, 0.4) is 0 Å². The van der Waals surface area contributed by atoms with E-state index in [9.17, 15) is 27.5 Å². The molecule has 2 rings (SSSR count). The summed E-state index contributed by atoms with van der Waals surface area (Å²) in [6.45, 7) is -1.02. The number of benzene rings is 1. The number of alkyl halides is 3. The number of carbonyl (C=O) groups is 1. The Labute approximate surface area is 106 Å². The van der Waals surface area contributed by atoms with Gasteiger partial charge in [0, 0.05) is 12.0 Å². The zero-order valence-electron chi connectivity index (χ0n) is 9.67. The van der Waals surface area contributed by atoms with Gasteiger partial charge in [0.25, 0.3) is 0 Å². The molecule has 1 aromatic carbocycles. The van der Waals surface area contributed by atoms with Gasteiger partial charge in [-0.25, -0.2) is 4.39 Å². The molecular weight excluding hydrogens is 266 g/mol. The minimum atomic E-state index is -4.72. The molecule has 1 amide bonds. The number of halogens is 4. The Morgan fingerprint density at radius 2 is 2.00 bits per heavy atom. The van der Waals surface area contributed by atoms with Crippen molar-refractivity contribution in [3.05, 3.63) is 35.6 Å². The van der Waals surface area contributed by atoms with Crippen LogP contribution in [0.1, 0.15) is 12.0 Å². The van der Waals surface area contributed by atoms with Gasteiger partial charge < -0.3 is 10.4 Å². The van der Waals surface area contributed by atoms with Crippen LogP contribution >= 0.6 is 0 Å². The van der Waals surface area contributed by atoms with Crippen molar-refractivity contribution in [2.24, 2.45) is 5.92 Å². The maximum Gasteiger partial charge on any atom is 0.394 e. The second-order valence-corrected chi connectivity index (χ2v) is 4.46. The Bertz CT molecular complexity index is 503. The molecule has 0 bridgehead atoms. The topological polar surface area (TPSA) is 49.3 Å². The number of amides is 1. The summed E-state index contributed by atoms with van der Waals surface area (Å²) in [6.07, 6.45) is -5.54. The van der Waals surface area contributed by atoms with E-state index in [4.69, 9.17) is 0 Å². The molecule has 1 aliphatic rings. The van der Waals surface area contributed by atoms with Crippen LogP contribution in [0.4, 0.5) is 17.6 Å². The van der Waals surface area contributed by atoms with E-state index >= 15 is 0 Å². The molecular formula is C12H11F4NO2. The first-order valence-corrected chi connectivity index (χ1v) is 5.55. The molecule has 1 aliphatic heterocycles. The highest BCUT2D eigenvalue weighted by atomic mass is 19.4. The molecule has 1 heterocycles. The van der Waals surface area contributed by atoms with Gasteiger partial charge >= 0.3 is 6.18 Å². The lowest BCUT2D eigenvalue weighted by atomic mass is 9.79. The van der Waals surface area contributed by atoms with Crippen LogP contribution < -0.4 is 5.32 Å². The highest BCUT2D eigenvalue weighted by molar-refractivity contribution is 5.80. The molecule has 7 heteroatoms. The van der Waals surface area contributed by atoms with Crippen molar-refractivity contribution in [2.75, 3.05) is 6.61 Å². The summed E-state index contributed by atoms with van der Waals surface area (Å²) in [7, 11) is 0. The molecule has 1 fully saturated rings. The summed E-state index contributed by atoms with van der Waals surface area (Å²) in [5.74, 6) is -3.91. The van der Waals surface area contributed by atoms with E-state index in [0.29, 0.717) is 0 Å². The molecule has 3 nitrogen and oxygen atoms in total. The second-order valence-electron chi connectivity index (χ2n) is 4.46. The highest BCUT2D eigenvalue weighted by Gasteiger charge is 2.60. The fourth-order valence-electron chi connectivity index (χ4n) is 2.45. The number of aliphatic hydroxyl groups is 1. The summed E-state index contributed by atoms with van der Waals surface area (Å²) >= 11 is 0. The van der Waals surface area contributed by atoms with Crippen molar-refractivity contribution in [3.8, 4) is 0 Å². The molecule has 0 aromatic heterocycles. The summed E-state index contributed by atoms with van der Waals surface area (Å²) in [6, 6.07) is 4.80. The van der Waals surface area contributed by atoms with E-state index in [0.717, 1.165) is 12.1 Å². The fraction of sp³-hybridized carbons (Fsp3) is 0.417. The Hall–Kier alpha value is -1.63. The first-order valence-electron chi connectivity index (χ1n) is 5.55. The van der Waals surface area contributed by atoms with Gasteiger partial charge in [-0.05, 0) is 6.07 Å². The van der Waals surface area contributed by atoms with Crippen LogP contribution in [-0.2, 0) is 10.3 Å². The molecule has 0 unspecified atom stereocenters. The molecule has 2 N–H and O–H groups in total. The molecule has 2 atom stereocenters. The molecule has 0 saturated carbocycles. The van der Waals surface area contributed by atoms with E-state index in [1.807, 2.05) is 0 Å². The van der Waals surface area contributed by atoms with Crippen molar-refractivity contribution >= 4 is 5.91 Å². The molecule has 0 radical (unpaired) electrons. The van der Waals surface area contributed by atoms with Crippen molar-refractivity contribution in [2.45, 2.75) is 18.1 Å². The van der Waals surface area contributed by atoms with Crippen molar-refractivity contribution < 1.29 is 27.5 Å². The quantitative estimate of drug-likeness (QED) is 0.809. The lowest BCUT2D eigenvalue weighted by Gasteiger charge is -2.34. The third kappa shape index (κ3) is 2.18. The van der Waals surface area contributed by atoms with Crippen LogP contribution in [0.2, 0.25) is 0 Å². The molecule has 1 aromatic rings. The van der Waals surface area contributed by atoms with Crippen molar-refractivity contribution in [1.29, 1.82) is 0 Å². The minimum Gasteiger partial charge on any atom is -0.394 e. The Balaban J connectivity index is 2.58. The summed E-state index contributed by atoms with van der Waals surface area (Å²) < 4.78 is 52.8. The van der Waals surface area contributed by atoms with Crippen LogP contribution in [0, 0.1) is 11.7 Å². The van der Waals surface area contributed by atoms with Crippen molar-refractivity contribution in [1.82, 2.24) is 5.32 Å². The average molecular weight is 277 g/mol. The van der Waals surface area contributed by atoms with Crippen LogP contribution in [0.25, 0.3) is 0 Å². The number of hydrogen-bond donors (Lipinski definition) is 2. The first-order chi connectivity index (χ1) is 8.81. The standard InChI is InChI=1S/C12H11F4NO2/c13-8-4-2-1-3-7(8)11(6-18)9(12(14,15)16)5-10(19)17-11/h1-4,9,18H,5-6H2,(H,17,19)/t9-,11-/m1/s1. The third-order valence-corrected chi connectivity index (χ3v) is 3.35. The molecule has 1 saturated heterocycles. The first kappa shape index (κ1) is 13.8. The zero-order valence-corrected chi connectivity index (χ0v) is 9.67. The lowest BCUT2D eigenvalue weighted by Crippen LogP contribution is -2.51. The minimum absolute atomic E-state index is 0.356. The number of rotatable bonds is 2. The summed E-state index contributed by atoms with van der Waals surface area (Å²) in [5, 5.41) is 11.4. The zero-order chi connectivity index (χ0) is 14.3. The molecule has 19 heavy (non-hydrogen) atoms. The van der Waals surface area contributed by atoms with Crippen molar-refractivity contribution in [3.63, 3.8) is 0 Å². The third-order valence-electron chi connectivity index (χ3n) is 3.35. The highest BCUT2D eigenvalue weighted by Crippen LogP contribution is 2.46. The maximum atomic E-state index is 13.7. The molecule has 0 spiro atoms. The van der Waals surface area contributed by atoms with Gasteiger partial charge in [-0.3, -0.25) is 4.79 Å². The van der Waals surface area contributed by atoms with Gasteiger partial charge in [0.15, 0.2) is 0 Å². The van der Waals surface area contributed by atoms with Gasteiger partial charge in [0.05, 0.1) is 12.5 Å².